The van der Waals surface area contributed by atoms with Crippen LogP contribution in [0.15, 0.2) is 35.0 Å². The zero-order valence-electron chi connectivity index (χ0n) is 19.4. The van der Waals surface area contributed by atoms with Gasteiger partial charge >= 0.3 is 0 Å². The van der Waals surface area contributed by atoms with Gasteiger partial charge in [-0.15, -0.1) is 4.91 Å². The standard InChI is InChI=1S/C24H32N2O5S/c1-6-7-8-9-21(27)32-20(13-10-15(2)3)16-14-19(30-4)22-17(25-28)11-12-18(26-29)23(22)24(16)31-5/h10-12,14,20,25,28H,6-9,13H2,1-5H3. The Labute approximate surface area is 193 Å². The van der Waals surface area contributed by atoms with Gasteiger partial charge in [-0.05, 0) is 50.1 Å². The summed E-state index contributed by atoms with van der Waals surface area (Å²) >= 11 is 1.28. The van der Waals surface area contributed by atoms with Crippen molar-refractivity contribution in [1.29, 1.82) is 0 Å². The molecule has 8 heteroatoms. The van der Waals surface area contributed by atoms with Crippen LogP contribution in [0.25, 0.3) is 10.8 Å². The van der Waals surface area contributed by atoms with Crippen LogP contribution in [0.2, 0.25) is 0 Å². The van der Waals surface area contributed by atoms with Crippen molar-refractivity contribution in [3.63, 3.8) is 0 Å². The molecule has 0 aromatic heterocycles. The van der Waals surface area contributed by atoms with E-state index < -0.39 is 0 Å². The maximum Gasteiger partial charge on any atom is 0.189 e. The Morgan fingerprint density at radius 2 is 1.97 bits per heavy atom. The van der Waals surface area contributed by atoms with E-state index in [9.17, 15) is 14.9 Å². The molecule has 2 rings (SSSR count). The summed E-state index contributed by atoms with van der Waals surface area (Å²) in [6, 6.07) is 4.87. The van der Waals surface area contributed by atoms with Gasteiger partial charge in [0.2, 0.25) is 0 Å². The average Bonchev–Trinajstić information content (AvgIpc) is 2.79. The van der Waals surface area contributed by atoms with E-state index in [1.54, 1.807) is 6.07 Å². The number of hydrogen-bond donors (Lipinski definition) is 2. The van der Waals surface area contributed by atoms with Crippen LogP contribution in [-0.4, -0.2) is 24.5 Å². The molecule has 0 spiro atoms. The summed E-state index contributed by atoms with van der Waals surface area (Å²) in [5.74, 6) is 0.882. The molecule has 2 aromatic carbocycles. The van der Waals surface area contributed by atoms with Crippen LogP contribution in [0.4, 0.5) is 11.4 Å². The summed E-state index contributed by atoms with van der Waals surface area (Å²) in [4.78, 5) is 24.4. The lowest BCUT2D eigenvalue weighted by molar-refractivity contribution is -0.111. The highest BCUT2D eigenvalue weighted by molar-refractivity contribution is 8.13. The molecule has 0 aliphatic carbocycles. The number of carbonyl (C=O) groups excluding carboxylic acids is 1. The van der Waals surface area contributed by atoms with E-state index in [0.717, 1.165) is 30.4 Å². The molecule has 32 heavy (non-hydrogen) atoms. The number of allylic oxidation sites excluding steroid dienone is 2. The van der Waals surface area contributed by atoms with Crippen LogP contribution >= 0.6 is 11.8 Å². The van der Waals surface area contributed by atoms with Crippen LogP contribution in [0.1, 0.15) is 63.7 Å². The van der Waals surface area contributed by atoms with E-state index in [1.165, 1.54) is 32.0 Å². The number of nitrogens with zero attached hydrogens (tertiary/aromatic N) is 1. The molecule has 174 valence electrons. The predicted molar refractivity (Wildman–Crippen MR) is 131 cm³/mol. The zero-order valence-corrected chi connectivity index (χ0v) is 20.2. The van der Waals surface area contributed by atoms with Crippen LogP contribution in [-0.2, 0) is 4.79 Å². The lowest BCUT2D eigenvalue weighted by Crippen LogP contribution is -2.05. The first-order chi connectivity index (χ1) is 15.4. The molecule has 0 amide bonds. The minimum atomic E-state index is -0.238. The molecule has 0 radical (unpaired) electrons. The third-order valence-electron chi connectivity index (χ3n) is 5.19. The number of anilines is 1. The molecule has 2 aromatic rings. The van der Waals surface area contributed by atoms with Gasteiger partial charge in [0.05, 0.1) is 30.7 Å². The highest BCUT2D eigenvalue weighted by atomic mass is 32.2. The SMILES string of the molecule is CCCCCC(=O)SC(CC=C(C)C)c1cc(OC)c2c(NO)ccc(N=O)c2c1OC. The van der Waals surface area contributed by atoms with Crippen molar-refractivity contribution in [1.82, 2.24) is 0 Å². The number of carbonyl (C=O) groups is 1. The van der Waals surface area contributed by atoms with E-state index in [0.29, 0.717) is 40.8 Å². The second kappa shape index (κ2) is 12.5. The molecular formula is C24H32N2O5S. The molecule has 0 aliphatic heterocycles. The number of unbranched alkanes of at least 4 members (excludes halogenated alkanes) is 2. The Morgan fingerprint density at radius 3 is 2.53 bits per heavy atom. The van der Waals surface area contributed by atoms with Crippen molar-refractivity contribution in [2.45, 2.75) is 58.1 Å². The lowest BCUT2D eigenvalue weighted by atomic mass is 9.97. The van der Waals surface area contributed by atoms with Gasteiger partial charge in [-0.3, -0.25) is 15.5 Å². The van der Waals surface area contributed by atoms with Gasteiger partial charge in [-0.25, -0.2) is 0 Å². The number of hydrogen-bond acceptors (Lipinski definition) is 8. The van der Waals surface area contributed by atoms with Crippen LogP contribution in [0.3, 0.4) is 0 Å². The quantitative estimate of drug-likeness (QED) is 0.148. The van der Waals surface area contributed by atoms with Crippen molar-refractivity contribution < 1.29 is 19.5 Å². The van der Waals surface area contributed by atoms with Crippen LogP contribution in [0.5, 0.6) is 11.5 Å². The minimum absolute atomic E-state index is 0.117. The Kier molecular flexibility index (Phi) is 9.99. The van der Waals surface area contributed by atoms with Gasteiger partial charge in [0, 0.05) is 17.2 Å². The van der Waals surface area contributed by atoms with Crippen LogP contribution < -0.4 is 15.0 Å². The highest BCUT2D eigenvalue weighted by Gasteiger charge is 2.26. The molecule has 0 saturated carbocycles. The van der Waals surface area contributed by atoms with Crippen molar-refractivity contribution in [2.24, 2.45) is 5.18 Å². The van der Waals surface area contributed by atoms with Crippen molar-refractivity contribution in [2.75, 3.05) is 19.7 Å². The molecule has 1 atom stereocenters. The second-order valence-electron chi connectivity index (χ2n) is 7.74. The largest absolute Gasteiger partial charge is 0.496 e. The Morgan fingerprint density at radius 1 is 1.22 bits per heavy atom. The second-order valence-corrected chi connectivity index (χ2v) is 9.00. The predicted octanol–water partition coefficient (Wildman–Crippen LogP) is 7.29. The third-order valence-corrected chi connectivity index (χ3v) is 6.39. The minimum Gasteiger partial charge on any atom is -0.496 e. The van der Waals surface area contributed by atoms with Gasteiger partial charge in [0.15, 0.2) is 5.12 Å². The molecule has 0 bridgehead atoms. The third kappa shape index (κ3) is 6.01. The smallest absolute Gasteiger partial charge is 0.189 e. The molecule has 0 heterocycles. The normalized spacial score (nSPS) is 11.7. The number of nitroso groups, excluding NO2 is 1. The summed E-state index contributed by atoms with van der Waals surface area (Å²) in [6.45, 7) is 6.13. The molecule has 7 nitrogen and oxygen atoms in total. The number of fused-ring (bicyclic) bond motifs is 1. The highest BCUT2D eigenvalue weighted by Crippen LogP contribution is 2.50. The van der Waals surface area contributed by atoms with E-state index in [-0.39, 0.29) is 16.1 Å². The Bertz CT molecular complexity index is 986. The number of ether oxygens (including phenoxy) is 2. The lowest BCUT2D eigenvalue weighted by Gasteiger charge is -2.22. The van der Waals surface area contributed by atoms with Crippen molar-refractivity contribution >= 4 is 39.0 Å². The Hall–Kier alpha value is -2.58. The molecule has 0 fully saturated rings. The van der Waals surface area contributed by atoms with Gasteiger partial charge in [-0.2, -0.15) is 0 Å². The summed E-state index contributed by atoms with van der Waals surface area (Å²) in [6.07, 6.45) is 6.13. The Balaban J connectivity index is 2.71. The summed E-state index contributed by atoms with van der Waals surface area (Å²) in [7, 11) is 3.03. The van der Waals surface area contributed by atoms with E-state index >= 15 is 0 Å². The maximum atomic E-state index is 12.7. The maximum absolute atomic E-state index is 12.7. The first kappa shape index (κ1) is 25.7. The fraction of sp³-hybridized carbons (Fsp3) is 0.458. The first-order valence-electron chi connectivity index (χ1n) is 10.7. The monoisotopic (exact) mass is 460 g/mol. The first-order valence-corrected chi connectivity index (χ1v) is 11.6. The fourth-order valence-electron chi connectivity index (χ4n) is 3.61. The number of thioether (sulfide) groups is 1. The van der Waals surface area contributed by atoms with Gasteiger partial charge < -0.3 is 9.47 Å². The number of rotatable bonds is 12. The van der Waals surface area contributed by atoms with Gasteiger partial charge in [-0.1, -0.05) is 43.2 Å². The number of benzene rings is 2. The molecule has 1 unspecified atom stereocenters. The average molecular weight is 461 g/mol. The number of nitrogens with one attached hydrogen (secondary N) is 1. The van der Waals surface area contributed by atoms with Crippen molar-refractivity contribution in [3.05, 3.63) is 40.3 Å². The summed E-state index contributed by atoms with van der Waals surface area (Å²) in [5, 5.41) is 13.6. The molecule has 2 N–H and O–H groups in total. The van der Waals surface area contributed by atoms with Crippen LogP contribution in [0, 0.1) is 4.91 Å². The molecule has 0 saturated heterocycles. The summed E-state index contributed by atoms with van der Waals surface area (Å²) in [5.41, 5.74) is 4.55. The molecule has 0 aliphatic rings. The summed E-state index contributed by atoms with van der Waals surface area (Å²) < 4.78 is 11.4. The van der Waals surface area contributed by atoms with Gasteiger partial charge in [0.25, 0.3) is 0 Å². The zero-order chi connectivity index (χ0) is 23.7. The topological polar surface area (TPSA) is 97.2 Å². The van der Waals surface area contributed by atoms with E-state index in [2.05, 4.69) is 23.7 Å². The fourth-order valence-corrected chi connectivity index (χ4v) is 4.68. The number of methoxy groups -OCH3 is 2. The van der Waals surface area contributed by atoms with E-state index in [1.807, 2.05) is 19.9 Å². The molecular weight excluding hydrogens is 428 g/mol. The van der Waals surface area contributed by atoms with Crippen molar-refractivity contribution in [3.8, 4) is 11.5 Å². The van der Waals surface area contributed by atoms with E-state index in [4.69, 9.17) is 9.47 Å². The van der Waals surface area contributed by atoms with Gasteiger partial charge in [0.1, 0.15) is 17.2 Å².